The van der Waals surface area contributed by atoms with Crippen molar-refractivity contribution in [3.63, 3.8) is 0 Å². The van der Waals surface area contributed by atoms with Crippen molar-refractivity contribution in [3.8, 4) is 22.3 Å². The fourth-order valence-corrected chi connectivity index (χ4v) is 4.92. The molecule has 0 bridgehead atoms. The fraction of sp³-hybridized carbons (Fsp3) is 0.0400. The summed E-state index contributed by atoms with van der Waals surface area (Å²) in [5, 5.41) is 4.74. The van der Waals surface area contributed by atoms with E-state index >= 15 is 0 Å². The predicted molar refractivity (Wildman–Crippen MR) is 106 cm³/mol. The Kier molecular flexibility index (Phi) is 2.33. The Morgan fingerprint density at radius 3 is 2.41 bits per heavy atom. The van der Waals surface area contributed by atoms with Gasteiger partial charge in [0.1, 0.15) is 0 Å². The first-order valence-corrected chi connectivity index (χ1v) is 9.33. The maximum absolute atomic E-state index is 5.07. The zero-order chi connectivity index (χ0) is 17.5. The number of para-hydroxylation sites is 2. The van der Waals surface area contributed by atoms with Gasteiger partial charge in [-0.05, 0) is 35.2 Å². The first-order valence-electron chi connectivity index (χ1n) is 9.33. The molecule has 0 fully saturated rings. The maximum atomic E-state index is 5.07. The first kappa shape index (κ1) is 13.7. The van der Waals surface area contributed by atoms with Gasteiger partial charge in [-0.25, -0.2) is 9.98 Å². The largest absolute Gasteiger partial charge is 0.247 e. The molecule has 3 aliphatic rings. The Labute approximate surface area is 155 Å². The summed E-state index contributed by atoms with van der Waals surface area (Å²) in [7, 11) is 0. The van der Waals surface area contributed by atoms with Crippen LogP contribution in [0.25, 0.3) is 22.3 Å². The van der Waals surface area contributed by atoms with Crippen molar-refractivity contribution in [1.82, 2.24) is 0 Å². The molecule has 4 aromatic rings. The first-order chi connectivity index (χ1) is 13.4. The highest BCUT2D eigenvalue weighted by molar-refractivity contribution is 5.93. The lowest BCUT2D eigenvalue weighted by atomic mass is 9.94. The van der Waals surface area contributed by atoms with Gasteiger partial charge >= 0.3 is 0 Å². The third-order valence-electron chi connectivity index (χ3n) is 6.02. The summed E-state index contributed by atoms with van der Waals surface area (Å²) in [6, 6.07) is 25.7. The Hall–Kier alpha value is -3.52. The van der Waals surface area contributed by atoms with E-state index < -0.39 is 0 Å². The summed E-state index contributed by atoms with van der Waals surface area (Å²) in [5.74, 6) is 0. The van der Waals surface area contributed by atoms with Gasteiger partial charge in [0.2, 0.25) is 0 Å². The Balaban J connectivity index is 1.80. The van der Waals surface area contributed by atoms with E-state index in [0.29, 0.717) is 0 Å². The van der Waals surface area contributed by atoms with Crippen LogP contribution < -0.4 is 10.7 Å². The molecule has 0 aromatic heterocycles. The smallest absolute Gasteiger partial charge is 0.0820 e. The number of fused-ring (bicyclic) bond motifs is 11. The number of hydrogen-bond acceptors (Lipinski definition) is 2. The van der Waals surface area contributed by atoms with Gasteiger partial charge in [0.05, 0.1) is 22.1 Å². The van der Waals surface area contributed by atoms with Crippen LogP contribution in [-0.4, -0.2) is 0 Å². The van der Waals surface area contributed by atoms with Gasteiger partial charge in [-0.3, -0.25) is 0 Å². The quantitative estimate of drug-likeness (QED) is 0.380. The summed E-state index contributed by atoms with van der Waals surface area (Å²) >= 11 is 0. The third kappa shape index (κ3) is 1.57. The zero-order valence-corrected chi connectivity index (χ0v) is 14.5. The highest BCUT2D eigenvalue weighted by atomic mass is 14.8. The van der Waals surface area contributed by atoms with E-state index in [9.17, 15) is 0 Å². The van der Waals surface area contributed by atoms with Crippen LogP contribution in [0.4, 0.5) is 11.4 Å². The molecular weight excluding hydrogens is 328 g/mol. The van der Waals surface area contributed by atoms with Crippen LogP contribution in [-0.2, 0) is 6.42 Å². The molecule has 0 radical (unpaired) electrons. The van der Waals surface area contributed by atoms with E-state index in [1.54, 1.807) is 0 Å². The SMILES string of the molecule is c1ccc2c(c1)Cc1c-2c2c(c3c1=c1ccccc1=N3)-c1ccccc1N=2. The molecule has 0 saturated heterocycles. The average Bonchev–Trinajstić information content (AvgIpc) is 3.38. The molecule has 0 unspecified atom stereocenters. The van der Waals surface area contributed by atoms with Crippen LogP contribution in [0.1, 0.15) is 11.1 Å². The minimum Gasteiger partial charge on any atom is -0.247 e. The zero-order valence-electron chi connectivity index (χ0n) is 14.5. The van der Waals surface area contributed by atoms with E-state index in [0.717, 1.165) is 28.5 Å². The second-order valence-electron chi connectivity index (χ2n) is 7.39. The Morgan fingerprint density at radius 2 is 1.44 bits per heavy atom. The summed E-state index contributed by atoms with van der Waals surface area (Å²) in [6.45, 7) is 0. The van der Waals surface area contributed by atoms with Crippen LogP contribution >= 0.6 is 0 Å². The molecule has 2 nitrogen and oxygen atoms in total. The van der Waals surface area contributed by atoms with Crippen LogP contribution in [0.5, 0.6) is 0 Å². The molecule has 4 aromatic carbocycles. The van der Waals surface area contributed by atoms with Crippen molar-refractivity contribution in [2.45, 2.75) is 6.42 Å². The Morgan fingerprint density at radius 1 is 0.667 bits per heavy atom. The van der Waals surface area contributed by atoms with Crippen molar-refractivity contribution in [3.05, 3.63) is 105 Å². The van der Waals surface area contributed by atoms with Gasteiger partial charge in [0, 0.05) is 27.1 Å². The van der Waals surface area contributed by atoms with Crippen LogP contribution in [0.2, 0.25) is 0 Å². The molecule has 0 spiro atoms. The molecule has 27 heavy (non-hydrogen) atoms. The van der Waals surface area contributed by atoms with Gasteiger partial charge < -0.3 is 0 Å². The lowest BCUT2D eigenvalue weighted by Crippen LogP contribution is -2.08. The normalized spacial score (nSPS) is 13.6. The summed E-state index contributed by atoms with van der Waals surface area (Å²) < 4.78 is 0. The summed E-state index contributed by atoms with van der Waals surface area (Å²) in [5.41, 5.74) is 9.97. The molecule has 0 N–H and O–H groups in total. The van der Waals surface area contributed by atoms with Crippen molar-refractivity contribution in [2.24, 2.45) is 9.98 Å². The molecule has 0 saturated carbocycles. The minimum absolute atomic E-state index is 0.955. The molecule has 0 atom stereocenters. The molecular formula is C25H14N2. The molecule has 2 heterocycles. The Bertz CT molecular complexity index is 1540. The number of rotatable bonds is 0. The van der Waals surface area contributed by atoms with Gasteiger partial charge in [-0.1, -0.05) is 60.7 Å². The van der Waals surface area contributed by atoms with Crippen molar-refractivity contribution >= 4 is 11.4 Å². The number of benzene rings is 4. The van der Waals surface area contributed by atoms with E-state index in [2.05, 4.69) is 72.8 Å². The highest BCUT2D eigenvalue weighted by Gasteiger charge is 2.30. The molecule has 2 aliphatic heterocycles. The lowest BCUT2D eigenvalue weighted by molar-refractivity contribution is 1.23. The van der Waals surface area contributed by atoms with Crippen molar-refractivity contribution in [2.75, 3.05) is 0 Å². The van der Waals surface area contributed by atoms with E-state index in [1.807, 2.05) is 0 Å². The van der Waals surface area contributed by atoms with E-state index in [-0.39, 0.29) is 0 Å². The van der Waals surface area contributed by atoms with Crippen molar-refractivity contribution < 1.29 is 0 Å². The monoisotopic (exact) mass is 342 g/mol. The van der Waals surface area contributed by atoms with Gasteiger partial charge in [-0.2, -0.15) is 0 Å². The summed E-state index contributed by atoms with van der Waals surface area (Å²) in [4.78, 5) is 10.1. The van der Waals surface area contributed by atoms with Gasteiger partial charge in [0.25, 0.3) is 0 Å². The third-order valence-corrected chi connectivity index (χ3v) is 6.02. The summed E-state index contributed by atoms with van der Waals surface area (Å²) in [6.07, 6.45) is 0.955. The molecule has 7 rings (SSSR count). The molecule has 124 valence electrons. The second kappa shape index (κ2) is 4.60. The van der Waals surface area contributed by atoms with Crippen LogP contribution in [0, 0.1) is 10.4 Å². The molecule has 0 amide bonds. The maximum Gasteiger partial charge on any atom is 0.0820 e. The molecule has 2 heteroatoms. The van der Waals surface area contributed by atoms with Crippen molar-refractivity contribution in [1.29, 1.82) is 0 Å². The fourth-order valence-electron chi connectivity index (χ4n) is 4.92. The topological polar surface area (TPSA) is 24.7 Å². The number of nitrogens with zero attached hydrogens (tertiary/aromatic N) is 2. The van der Waals surface area contributed by atoms with Gasteiger partial charge in [-0.15, -0.1) is 0 Å². The van der Waals surface area contributed by atoms with E-state index in [1.165, 1.54) is 43.8 Å². The lowest BCUT2D eigenvalue weighted by Gasteiger charge is -2.08. The average molecular weight is 342 g/mol. The van der Waals surface area contributed by atoms with E-state index in [4.69, 9.17) is 9.98 Å². The minimum atomic E-state index is 0.955. The number of hydrogen-bond donors (Lipinski definition) is 0. The second-order valence-corrected chi connectivity index (χ2v) is 7.39. The predicted octanol–water partition coefficient (Wildman–Crippen LogP) is 4.74. The van der Waals surface area contributed by atoms with Gasteiger partial charge in [0.15, 0.2) is 0 Å². The standard InChI is InChI=1S/C25H14N2/c1-2-8-15-14(7-1)13-18-21(15)24-23(17-10-4-6-12-20(17)27-24)25-22(18)16-9-3-5-11-19(16)26-25/h1-12H,13H2. The van der Waals surface area contributed by atoms with Crippen LogP contribution in [0.15, 0.2) is 82.8 Å². The van der Waals surface area contributed by atoms with Crippen LogP contribution in [0.3, 0.4) is 0 Å². The molecule has 1 aliphatic carbocycles. The highest BCUT2D eigenvalue weighted by Crippen LogP contribution is 2.46.